The average molecular weight is 249 g/mol. The molecule has 1 aliphatic rings. The van der Waals surface area contributed by atoms with Gasteiger partial charge in [0, 0.05) is 32.3 Å². The summed E-state index contributed by atoms with van der Waals surface area (Å²) in [6, 6.07) is 5.69. The van der Waals surface area contributed by atoms with Crippen LogP contribution in [0.2, 0.25) is 0 Å². The maximum Gasteiger partial charge on any atom is 0.221 e. The summed E-state index contributed by atoms with van der Waals surface area (Å²) in [6.45, 7) is 4.70. The summed E-state index contributed by atoms with van der Waals surface area (Å²) in [5, 5.41) is 2.88. The number of rotatable bonds is 5. The number of ether oxygens (including phenoxy) is 1. The third-order valence-electron chi connectivity index (χ3n) is 2.95. The van der Waals surface area contributed by atoms with Crippen molar-refractivity contribution in [3.8, 4) is 0 Å². The van der Waals surface area contributed by atoms with Crippen molar-refractivity contribution in [2.24, 2.45) is 0 Å². The van der Waals surface area contributed by atoms with Crippen LogP contribution >= 0.6 is 0 Å². The molecule has 5 heteroatoms. The Kier molecular flexibility index (Phi) is 5.11. The molecule has 1 fully saturated rings. The number of nitrogens with zero attached hydrogens (tertiary/aromatic N) is 2. The Labute approximate surface area is 107 Å². The van der Waals surface area contributed by atoms with E-state index in [1.807, 2.05) is 18.2 Å². The SMILES string of the molecule is O=C(CCN1CCOCC1)NCc1ccccn1. The van der Waals surface area contributed by atoms with Crippen LogP contribution in [-0.2, 0) is 16.1 Å². The van der Waals surface area contributed by atoms with E-state index < -0.39 is 0 Å². The number of carbonyl (C=O) groups is 1. The van der Waals surface area contributed by atoms with Crippen molar-refractivity contribution in [1.82, 2.24) is 15.2 Å². The molecular formula is C13H19N3O2. The summed E-state index contributed by atoms with van der Waals surface area (Å²) >= 11 is 0. The lowest BCUT2D eigenvalue weighted by Gasteiger charge is -2.26. The number of hydrogen-bond acceptors (Lipinski definition) is 4. The summed E-state index contributed by atoms with van der Waals surface area (Å²) in [7, 11) is 0. The molecule has 0 radical (unpaired) electrons. The van der Waals surface area contributed by atoms with E-state index in [1.54, 1.807) is 6.20 Å². The standard InChI is InChI=1S/C13H19N3O2/c17-13(4-6-16-7-9-18-10-8-16)15-11-12-3-1-2-5-14-12/h1-3,5H,4,6-11H2,(H,15,17). The molecule has 1 aromatic heterocycles. The lowest BCUT2D eigenvalue weighted by atomic mass is 10.3. The van der Waals surface area contributed by atoms with Crippen molar-refractivity contribution < 1.29 is 9.53 Å². The maximum atomic E-state index is 11.7. The van der Waals surface area contributed by atoms with Gasteiger partial charge >= 0.3 is 0 Å². The molecule has 0 aromatic carbocycles. The minimum absolute atomic E-state index is 0.0761. The smallest absolute Gasteiger partial charge is 0.221 e. The molecule has 2 rings (SSSR count). The van der Waals surface area contributed by atoms with Gasteiger partial charge in [-0.1, -0.05) is 6.07 Å². The number of amides is 1. The van der Waals surface area contributed by atoms with Crippen molar-refractivity contribution in [3.05, 3.63) is 30.1 Å². The van der Waals surface area contributed by atoms with Crippen molar-refractivity contribution in [2.45, 2.75) is 13.0 Å². The van der Waals surface area contributed by atoms with E-state index in [0.29, 0.717) is 13.0 Å². The first-order valence-electron chi connectivity index (χ1n) is 6.31. The van der Waals surface area contributed by atoms with Gasteiger partial charge in [0.25, 0.3) is 0 Å². The average Bonchev–Trinajstić information content (AvgIpc) is 2.45. The normalized spacial score (nSPS) is 16.4. The summed E-state index contributed by atoms with van der Waals surface area (Å²) < 4.78 is 5.26. The quantitative estimate of drug-likeness (QED) is 0.821. The van der Waals surface area contributed by atoms with Crippen molar-refractivity contribution in [2.75, 3.05) is 32.8 Å². The Morgan fingerprint density at radius 3 is 2.94 bits per heavy atom. The third-order valence-corrected chi connectivity index (χ3v) is 2.95. The molecule has 0 spiro atoms. The van der Waals surface area contributed by atoms with E-state index in [1.165, 1.54) is 0 Å². The fraction of sp³-hybridized carbons (Fsp3) is 0.538. The highest BCUT2D eigenvalue weighted by Crippen LogP contribution is 1.98. The molecule has 5 nitrogen and oxygen atoms in total. The Bertz CT molecular complexity index is 364. The van der Waals surface area contributed by atoms with E-state index in [2.05, 4.69) is 15.2 Å². The number of morpholine rings is 1. The number of hydrogen-bond donors (Lipinski definition) is 1. The molecule has 98 valence electrons. The number of aromatic nitrogens is 1. The fourth-order valence-corrected chi connectivity index (χ4v) is 1.86. The highest BCUT2D eigenvalue weighted by atomic mass is 16.5. The maximum absolute atomic E-state index is 11.7. The molecule has 0 atom stereocenters. The van der Waals surface area contributed by atoms with Gasteiger partial charge in [0.15, 0.2) is 0 Å². The first-order chi connectivity index (χ1) is 8.84. The van der Waals surface area contributed by atoms with Gasteiger partial charge in [-0.05, 0) is 12.1 Å². The van der Waals surface area contributed by atoms with Gasteiger partial charge in [-0.25, -0.2) is 0 Å². The van der Waals surface area contributed by atoms with Crippen LogP contribution in [0, 0.1) is 0 Å². The van der Waals surface area contributed by atoms with Gasteiger partial charge in [0.1, 0.15) is 0 Å². The molecular weight excluding hydrogens is 230 g/mol. The largest absolute Gasteiger partial charge is 0.379 e. The van der Waals surface area contributed by atoms with Crippen LogP contribution in [0.15, 0.2) is 24.4 Å². The second kappa shape index (κ2) is 7.08. The van der Waals surface area contributed by atoms with Crippen LogP contribution in [0.1, 0.15) is 12.1 Å². The molecule has 1 N–H and O–H groups in total. The highest BCUT2D eigenvalue weighted by molar-refractivity contribution is 5.75. The van der Waals surface area contributed by atoms with Gasteiger partial charge in [0.2, 0.25) is 5.91 Å². The summed E-state index contributed by atoms with van der Waals surface area (Å²) in [5.74, 6) is 0.0761. The Morgan fingerprint density at radius 2 is 2.22 bits per heavy atom. The molecule has 0 unspecified atom stereocenters. The van der Waals surface area contributed by atoms with Gasteiger partial charge in [-0.15, -0.1) is 0 Å². The summed E-state index contributed by atoms with van der Waals surface area (Å²) in [6.07, 6.45) is 2.27. The molecule has 0 saturated carbocycles. The molecule has 18 heavy (non-hydrogen) atoms. The lowest BCUT2D eigenvalue weighted by molar-refractivity contribution is -0.121. The number of carbonyl (C=O) groups excluding carboxylic acids is 1. The summed E-state index contributed by atoms with van der Waals surface area (Å²) in [4.78, 5) is 18.1. The van der Waals surface area contributed by atoms with Crippen LogP contribution in [0.25, 0.3) is 0 Å². The second-order valence-electron chi connectivity index (χ2n) is 4.30. The zero-order chi connectivity index (χ0) is 12.6. The summed E-state index contributed by atoms with van der Waals surface area (Å²) in [5.41, 5.74) is 0.886. The van der Waals surface area contributed by atoms with Crippen molar-refractivity contribution in [1.29, 1.82) is 0 Å². The van der Waals surface area contributed by atoms with E-state index in [-0.39, 0.29) is 5.91 Å². The predicted molar refractivity (Wildman–Crippen MR) is 68.0 cm³/mol. The van der Waals surface area contributed by atoms with Gasteiger partial charge in [0.05, 0.1) is 25.5 Å². The molecule has 0 bridgehead atoms. The highest BCUT2D eigenvalue weighted by Gasteiger charge is 2.11. The van der Waals surface area contributed by atoms with Gasteiger partial charge in [-0.2, -0.15) is 0 Å². The van der Waals surface area contributed by atoms with Gasteiger partial charge < -0.3 is 10.1 Å². The molecule has 1 amide bonds. The predicted octanol–water partition coefficient (Wildman–Crippen LogP) is 0.420. The van der Waals surface area contributed by atoms with E-state index in [9.17, 15) is 4.79 Å². The minimum atomic E-state index is 0.0761. The van der Waals surface area contributed by atoms with Crippen LogP contribution in [-0.4, -0.2) is 48.6 Å². The van der Waals surface area contributed by atoms with E-state index in [0.717, 1.165) is 38.5 Å². The third kappa shape index (κ3) is 4.43. The topological polar surface area (TPSA) is 54.5 Å². The van der Waals surface area contributed by atoms with Crippen LogP contribution < -0.4 is 5.32 Å². The van der Waals surface area contributed by atoms with Crippen LogP contribution in [0.3, 0.4) is 0 Å². The first kappa shape index (κ1) is 13.0. The Balaban J connectivity index is 1.63. The van der Waals surface area contributed by atoms with E-state index >= 15 is 0 Å². The molecule has 0 aliphatic carbocycles. The minimum Gasteiger partial charge on any atom is -0.379 e. The van der Waals surface area contributed by atoms with Gasteiger partial charge in [-0.3, -0.25) is 14.7 Å². The first-order valence-corrected chi connectivity index (χ1v) is 6.31. The second-order valence-corrected chi connectivity index (χ2v) is 4.30. The monoisotopic (exact) mass is 249 g/mol. The molecule has 1 saturated heterocycles. The number of pyridine rings is 1. The number of nitrogens with one attached hydrogen (secondary N) is 1. The fourth-order valence-electron chi connectivity index (χ4n) is 1.86. The molecule has 1 aromatic rings. The van der Waals surface area contributed by atoms with Crippen LogP contribution in [0.5, 0.6) is 0 Å². The molecule has 1 aliphatic heterocycles. The van der Waals surface area contributed by atoms with Crippen molar-refractivity contribution >= 4 is 5.91 Å². The van der Waals surface area contributed by atoms with Crippen LogP contribution in [0.4, 0.5) is 0 Å². The Morgan fingerprint density at radius 1 is 1.39 bits per heavy atom. The van der Waals surface area contributed by atoms with E-state index in [4.69, 9.17) is 4.74 Å². The van der Waals surface area contributed by atoms with Crippen molar-refractivity contribution in [3.63, 3.8) is 0 Å². The lowest BCUT2D eigenvalue weighted by Crippen LogP contribution is -2.38. The molecule has 2 heterocycles. The zero-order valence-corrected chi connectivity index (χ0v) is 10.5. The zero-order valence-electron chi connectivity index (χ0n) is 10.5. The Hall–Kier alpha value is -1.46.